The Bertz CT molecular complexity index is 2230. The Morgan fingerprint density at radius 2 is 1.80 bits per heavy atom. The van der Waals surface area contributed by atoms with Gasteiger partial charge in [-0.15, -0.1) is 13.2 Å². The minimum absolute atomic E-state index is 0.0392. The number of alkyl carbamates (subject to hydrolysis) is 1. The molecule has 3 saturated carbocycles. The van der Waals surface area contributed by atoms with Crippen molar-refractivity contribution in [2.45, 2.75) is 151 Å². The molecule has 0 bridgehead atoms. The summed E-state index contributed by atoms with van der Waals surface area (Å²) in [5.41, 5.74) is -1.91. The van der Waals surface area contributed by atoms with Gasteiger partial charge >= 0.3 is 12.5 Å². The lowest BCUT2D eigenvalue weighted by Gasteiger charge is -2.48. The van der Waals surface area contributed by atoms with Crippen LogP contribution in [0.25, 0.3) is 10.9 Å². The quantitative estimate of drug-likeness (QED) is 0.313. The van der Waals surface area contributed by atoms with E-state index >= 15 is 0 Å². The topological polar surface area (TPSA) is 182 Å². The molecular weight excluding hydrogens is 796 g/mol. The third-order valence-corrected chi connectivity index (χ3v) is 15.4. The van der Waals surface area contributed by atoms with E-state index in [-0.39, 0.29) is 32.2 Å². The average molecular weight is 846 g/mol. The summed E-state index contributed by atoms with van der Waals surface area (Å²) in [6, 6.07) is 1.61. The van der Waals surface area contributed by atoms with Crippen molar-refractivity contribution in [1.29, 1.82) is 0 Å². The van der Waals surface area contributed by atoms with Crippen molar-refractivity contribution in [2.24, 2.45) is 5.92 Å². The standard InChI is InChI=1S/C41H50F3N5O9S/c1-24-32-27(28-21-26(56-41(42,43)44)11-12-29(28)45-24)14-15-39(57-32)22-31-33(50)47-40(35(52)48-59(54,55)38(3)19-20-38)16-13-25(40)9-7-5-4-6-8-10-30(34(51)49(31)23-39)46-36(53)58-37(2)17-18-37/h7,9,11-12,21,25,30-31H,4-6,8,10,13-20,22-23H2,1-3H3,(H,46,53)(H,47,50)(H,48,52)/b9-7-/t25-,30+,31+,39-,40-/m1/s1. The van der Waals surface area contributed by atoms with Crippen LogP contribution in [-0.2, 0) is 35.6 Å². The molecule has 14 nitrogen and oxygen atoms in total. The number of alkyl halides is 3. The summed E-state index contributed by atoms with van der Waals surface area (Å²) in [5, 5.41) is 6.11. The van der Waals surface area contributed by atoms with E-state index in [2.05, 4.69) is 25.1 Å². The van der Waals surface area contributed by atoms with Crippen LogP contribution in [0.3, 0.4) is 0 Å². The number of aryl methyl sites for hydroxylation is 2. The van der Waals surface area contributed by atoms with E-state index in [0.29, 0.717) is 79.3 Å². The summed E-state index contributed by atoms with van der Waals surface area (Å²) < 4.78 is 83.9. The SMILES string of the molecule is Cc1nc2ccc(OC(F)(F)F)cc2c2c1O[C@]1(CC2)C[C@H]2C(=O)N[C@]3(C(=O)NS(=O)(=O)C4(C)CC4)CC[C@H]3/C=C\CCCCC[C@H](NC(=O)OC3(C)CC3)C(=O)N2C1. The van der Waals surface area contributed by atoms with E-state index in [0.717, 1.165) is 12.8 Å². The first-order valence-corrected chi connectivity index (χ1v) is 22.0. The van der Waals surface area contributed by atoms with Gasteiger partial charge in [-0.25, -0.2) is 18.2 Å². The zero-order valence-corrected chi connectivity index (χ0v) is 34.2. The maximum atomic E-state index is 14.8. The number of rotatable bonds is 6. The normalized spacial score (nSPS) is 30.5. The first kappa shape index (κ1) is 41.1. The summed E-state index contributed by atoms with van der Waals surface area (Å²) in [7, 11) is -4.06. The average Bonchev–Trinajstić information content (AvgIpc) is 4.05. The summed E-state index contributed by atoms with van der Waals surface area (Å²) in [6.45, 7) is 4.98. The highest BCUT2D eigenvalue weighted by atomic mass is 32.2. The molecule has 0 unspecified atom stereocenters. The Morgan fingerprint density at radius 1 is 1.03 bits per heavy atom. The van der Waals surface area contributed by atoms with Gasteiger partial charge < -0.3 is 29.7 Å². The Balaban J connectivity index is 1.14. The number of pyridine rings is 1. The number of benzene rings is 1. The Labute approximate surface area is 340 Å². The van der Waals surface area contributed by atoms with Gasteiger partial charge in [-0.2, -0.15) is 0 Å². The number of nitrogens with one attached hydrogen (secondary N) is 3. The molecule has 320 valence electrons. The second kappa shape index (κ2) is 14.5. The number of nitrogens with zero attached hydrogens (tertiary/aromatic N) is 2. The van der Waals surface area contributed by atoms with Gasteiger partial charge in [0.15, 0.2) is 0 Å². The minimum atomic E-state index is -4.91. The van der Waals surface area contributed by atoms with Gasteiger partial charge in [0.2, 0.25) is 21.8 Å². The number of hydrogen-bond acceptors (Lipinski definition) is 10. The molecule has 1 aromatic heterocycles. The van der Waals surface area contributed by atoms with Gasteiger partial charge in [0.1, 0.15) is 40.3 Å². The van der Waals surface area contributed by atoms with Gasteiger partial charge in [-0.1, -0.05) is 25.0 Å². The van der Waals surface area contributed by atoms with Crippen LogP contribution in [0.2, 0.25) is 0 Å². The van der Waals surface area contributed by atoms with E-state index in [9.17, 15) is 40.8 Å². The highest BCUT2D eigenvalue weighted by molar-refractivity contribution is 7.91. The number of allylic oxidation sites excluding steroid dienone is 1. The molecule has 4 heterocycles. The second-order valence-electron chi connectivity index (χ2n) is 17.8. The number of carbonyl (C=O) groups excluding carboxylic acids is 4. The molecule has 59 heavy (non-hydrogen) atoms. The third kappa shape index (κ3) is 8.04. The second-order valence-corrected chi connectivity index (χ2v) is 20.0. The fourth-order valence-electron chi connectivity index (χ4n) is 8.91. The van der Waals surface area contributed by atoms with Gasteiger partial charge in [0.05, 0.1) is 22.5 Å². The van der Waals surface area contributed by atoms with Crippen LogP contribution in [0.15, 0.2) is 30.4 Å². The zero-order chi connectivity index (χ0) is 42.2. The molecule has 18 heteroatoms. The maximum absolute atomic E-state index is 14.8. The maximum Gasteiger partial charge on any atom is 0.573 e. The number of ether oxygens (including phenoxy) is 3. The zero-order valence-electron chi connectivity index (χ0n) is 33.3. The van der Waals surface area contributed by atoms with Crippen LogP contribution in [0, 0.1) is 12.8 Å². The Morgan fingerprint density at radius 3 is 2.47 bits per heavy atom. The Kier molecular flexibility index (Phi) is 10.1. The summed E-state index contributed by atoms with van der Waals surface area (Å²) in [5.74, 6) is -2.68. The lowest BCUT2D eigenvalue weighted by Crippen LogP contribution is -2.70. The van der Waals surface area contributed by atoms with Crippen molar-refractivity contribution >= 4 is 44.7 Å². The Hall–Kier alpha value is -4.61. The van der Waals surface area contributed by atoms with E-state index in [4.69, 9.17) is 9.47 Å². The van der Waals surface area contributed by atoms with Crippen molar-refractivity contribution in [2.75, 3.05) is 6.54 Å². The van der Waals surface area contributed by atoms with Crippen molar-refractivity contribution in [3.63, 3.8) is 0 Å². The summed E-state index contributed by atoms with van der Waals surface area (Å²) in [4.78, 5) is 62.9. The molecule has 1 aromatic carbocycles. The van der Waals surface area contributed by atoms with E-state index in [1.165, 1.54) is 23.1 Å². The van der Waals surface area contributed by atoms with Gasteiger partial charge in [0.25, 0.3) is 5.91 Å². The number of aromatic nitrogens is 1. The molecule has 5 atom stereocenters. The smallest absolute Gasteiger partial charge is 0.483 e. The van der Waals surface area contributed by atoms with E-state index in [1.807, 2.05) is 12.2 Å². The molecule has 4 fully saturated rings. The molecule has 4 amide bonds. The van der Waals surface area contributed by atoms with Crippen LogP contribution in [0.1, 0.15) is 109 Å². The van der Waals surface area contributed by atoms with E-state index in [1.54, 1.807) is 20.8 Å². The molecule has 0 radical (unpaired) electrons. The third-order valence-electron chi connectivity index (χ3n) is 13.2. The van der Waals surface area contributed by atoms with Crippen LogP contribution in [-0.4, -0.2) is 88.6 Å². The number of fused-ring (bicyclic) bond motifs is 5. The fraction of sp³-hybridized carbons (Fsp3) is 0.634. The van der Waals surface area contributed by atoms with Crippen LogP contribution in [0.4, 0.5) is 18.0 Å². The monoisotopic (exact) mass is 845 g/mol. The summed E-state index contributed by atoms with van der Waals surface area (Å²) >= 11 is 0. The van der Waals surface area contributed by atoms with Gasteiger partial charge in [-0.3, -0.25) is 19.1 Å². The van der Waals surface area contributed by atoms with Gasteiger partial charge in [0, 0.05) is 23.3 Å². The fourth-order valence-corrected chi connectivity index (χ4v) is 10.2. The molecule has 2 aromatic rings. The predicted octanol–water partition coefficient (Wildman–Crippen LogP) is 5.54. The van der Waals surface area contributed by atoms with Crippen molar-refractivity contribution in [3.05, 3.63) is 41.6 Å². The molecule has 3 aliphatic carbocycles. The predicted molar refractivity (Wildman–Crippen MR) is 207 cm³/mol. The van der Waals surface area contributed by atoms with Crippen LogP contribution < -0.4 is 24.8 Å². The molecule has 3 N–H and O–H groups in total. The molecule has 1 spiro atoms. The van der Waals surface area contributed by atoms with Crippen molar-refractivity contribution < 1.29 is 55.0 Å². The van der Waals surface area contributed by atoms with E-state index < -0.39 is 85.4 Å². The molecule has 8 rings (SSSR count). The number of sulfonamides is 1. The summed E-state index contributed by atoms with van der Waals surface area (Å²) in [6.07, 6.45) is 4.48. The highest BCUT2D eigenvalue weighted by Crippen LogP contribution is 2.48. The van der Waals surface area contributed by atoms with Crippen LogP contribution in [0.5, 0.6) is 11.5 Å². The number of amides is 4. The molecule has 3 aliphatic heterocycles. The number of halogens is 3. The molecule has 1 saturated heterocycles. The van der Waals surface area contributed by atoms with Crippen LogP contribution >= 0.6 is 0 Å². The van der Waals surface area contributed by atoms with Crippen molar-refractivity contribution in [3.8, 4) is 11.5 Å². The molecular formula is C41H50F3N5O9S. The van der Waals surface area contributed by atoms with Crippen molar-refractivity contribution in [1.82, 2.24) is 25.2 Å². The number of carbonyl (C=O) groups is 4. The lowest BCUT2D eigenvalue weighted by atomic mass is 9.65. The highest BCUT2D eigenvalue weighted by Gasteiger charge is 2.60. The van der Waals surface area contributed by atoms with Gasteiger partial charge in [-0.05, 0) is 110 Å². The largest absolute Gasteiger partial charge is 0.573 e. The lowest BCUT2D eigenvalue weighted by molar-refractivity contribution is -0.274. The first-order chi connectivity index (χ1) is 27.7. The molecule has 6 aliphatic rings. The first-order valence-electron chi connectivity index (χ1n) is 20.5. The number of hydrogen-bond donors (Lipinski definition) is 3. The minimum Gasteiger partial charge on any atom is -0.483 e.